The first-order valence-corrected chi connectivity index (χ1v) is 7.57. The molecule has 0 unspecified atom stereocenters. The molecule has 1 amide bonds. The van der Waals surface area contributed by atoms with Crippen molar-refractivity contribution < 1.29 is 14.3 Å². The van der Waals surface area contributed by atoms with E-state index in [2.05, 4.69) is 20.6 Å². The van der Waals surface area contributed by atoms with Gasteiger partial charge in [-0.05, 0) is 37.6 Å². The van der Waals surface area contributed by atoms with Gasteiger partial charge in [-0.15, -0.1) is 0 Å². The van der Waals surface area contributed by atoms with Gasteiger partial charge in [0.25, 0.3) is 5.91 Å². The molecule has 7 heteroatoms. The fourth-order valence-electron chi connectivity index (χ4n) is 1.95. The van der Waals surface area contributed by atoms with Crippen LogP contribution in [0.3, 0.4) is 0 Å². The Bertz CT molecular complexity index is 684. The quantitative estimate of drug-likeness (QED) is 0.570. The summed E-state index contributed by atoms with van der Waals surface area (Å²) in [6.45, 7) is 2.64. The fourth-order valence-corrected chi connectivity index (χ4v) is 1.95. The van der Waals surface area contributed by atoms with Crippen LogP contribution in [0.2, 0.25) is 0 Å². The van der Waals surface area contributed by atoms with E-state index in [1.54, 1.807) is 31.4 Å². The predicted molar refractivity (Wildman–Crippen MR) is 90.6 cm³/mol. The molecule has 0 aliphatic rings. The Kier molecular flexibility index (Phi) is 6.39. The number of anilines is 2. The molecule has 0 aliphatic carbocycles. The zero-order valence-electron chi connectivity index (χ0n) is 13.7. The topological polar surface area (TPSA) is 93.2 Å². The predicted octanol–water partition coefficient (Wildman–Crippen LogP) is 2.19. The van der Waals surface area contributed by atoms with E-state index in [-0.39, 0.29) is 17.4 Å². The molecular formula is C17H20N4O3. The first kappa shape index (κ1) is 17.6. The minimum atomic E-state index is -0.268. The summed E-state index contributed by atoms with van der Waals surface area (Å²) in [6.07, 6.45) is 3.65. The second-order valence-electron chi connectivity index (χ2n) is 5.15. The van der Waals surface area contributed by atoms with E-state index in [1.807, 2.05) is 0 Å². The summed E-state index contributed by atoms with van der Waals surface area (Å²) >= 11 is 0. The maximum Gasteiger partial charge on any atom is 0.271 e. The summed E-state index contributed by atoms with van der Waals surface area (Å²) < 4.78 is 4.92. The third-order valence-electron chi connectivity index (χ3n) is 3.26. The van der Waals surface area contributed by atoms with E-state index in [0.717, 1.165) is 12.1 Å². The lowest BCUT2D eigenvalue weighted by atomic mass is 10.1. The number of nitrogens with one attached hydrogen (secondary N) is 2. The molecule has 0 atom stereocenters. The van der Waals surface area contributed by atoms with Crippen molar-refractivity contribution in [1.29, 1.82) is 0 Å². The van der Waals surface area contributed by atoms with E-state index in [4.69, 9.17) is 4.74 Å². The van der Waals surface area contributed by atoms with E-state index < -0.39 is 0 Å². The average molecular weight is 328 g/mol. The number of amides is 1. The number of methoxy groups -OCH3 is 1. The molecule has 1 heterocycles. The number of benzene rings is 1. The summed E-state index contributed by atoms with van der Waals surface area (Å²) in [5.41, 5.74) is 1.68. The monoisotopic (exact) mass is 328 g/mol. The third kappa shape index (κ3) is 5.13. The summed E-state index contributed by atoms with van der Waals surface area (Å²) in [7, 11) is 1.62. The highest BCUT2D eigenvalue weighted by molar-refractivity contribution is 5.94. The molecule has 2 N–H and O–H groups in total. The van der Waals surface area contributed by atoms with Crippen LogP contribution in [-0.2, 0) is 4.74 Å². The van der Waals surface area contributed by atoms with Crippen LogP contribution in [0.4, 0.5) is 11.5 Å². The Morgan fingerprint density at radius 3 is 2.46 bits per heavy atom. The van der Waals surface area contributed by atoms with Crippen LogP contribution in [0.25, 0.3) is 0 Å². The Labute approximate surface area is 140 Å². The number of ketones is 1. The van der Waals surface area contributed by atoms with Crippen LogP contribution in [0, 0.1) is 0 Å². The van der Waals surface area contributed by atoms with Crippen molar-refractivity contribution in [2.75, 3.05) is 25.6 Å². The van der Waals surface area contributed by atoms with Gasteiger partial charge < -0.3 is 15.4 Å². The molecule has 0 aliphatic heterocycles. The molecule has 2 aromatic rings. The number of hydrogen-bond donors (Lipinski definition) is 2. The molecule has 0 bridgehead atoms. The first-order valence-electron chi connectivity index (χ1n) is 7.57. The van der Waals surface area contributed by atoms with Crippen molar-refractivity contribution in [2.45, 2.75) is 13.3 Å². The van der Waals surface area contributed by atoms with Crippen molar-refractivity contribution in [3.8, 4) is 0 Å². The number of rotatable bonds is 8. The zero-order chi connectivity index (χ0) is 17.4. The van der Waals surface area contributed by atoms with Crippen LogP contribution in [-0.4, -0.2) is 41.9 Å². The molecular weight excluding hydrogens is 308 g/mol. The smallest absolute Gasteiger partial charge is 0.271 e. The normalized spacial score (nSPS) is 10.2. The maximum atomic E-state index is 11.9. The lowest BCUT2D eigenvalue weighted by Gasteiger charge is -2.07. The Morgan fingerprint density at radius 1 is 1.12 bits per heavy atom. The Morgan fingerprint density at radius 2 is 1.88 bits per heavy atom. The highest BCUT2D eigenvalue weighted by Crippen LogP contribution is 2.15. The number of hydrogen-bond acceptors (Lipinski definition) is 6. The Balaban J connectivity index is 1.91. The van der Waals surface area contributed by atoms with Gasteiger partial charge in [-0.3, -0.25) is 9.59 Å². The van der Waals surface area contributed by atoms with Gasteiger partial charge in [-0.25, -0.2) is 9.97 Å². The van der Waals surface area contributed by atoms with E-state index in [1.165, 1.54) is 19.3 Å². The van der Waals surface area contributed by atoms with Crippen LogP contribution >= 0.6 is 0 Å². The number of Topliss-reactive ketones (excluding diaryl/α,β-unsaturated/α-hetero) is 1. The molecule has 0 spiro atoms. The second-order valence-corrected chi connectivity index (χ2v) is 5.15. The van der Waals surface area contributed by atoms with Gasteiger partial charge in [0.2, 0.25) is 0 Å². The highest BCUT2D eigenvalue weighted by atomic mass is 16.5. The Hall–Kier alpha value is -2.80. The van der Waals surface area contributed by atoms with Crippen molar-refractivity contribution >= 4 is 23.2 Å². The van der Waals surface area contributed by atoms with E-state index in [0.29, 0.717) is 24.5 Å². The molecule has 1 aromatic carbocycles. The molecule has 7 nitrogen and oxygen atoms in total. The van der Waals surface area contributed by atoms with Crippen LogP contribution < -0.4 is 10.6 Å². The van der Waals surface area contributed by atoms with Crippen LogP contribution in [0.5, 0.6) is 0 Å². The van der Waals surface area contributed by atoms with Crippen molar-refractivity contribution in [1.82, 2.24) is 15.3 Å². The minimum Gasteiger partial charge on any atom is -0.385 e. The second kappa shape index (κ2) is 8.73. The van der Waals surface area contributed by atoms with Crippen molar-refractivity contribution in [2.24, 2.45) is 0 Å². The zero-order valence-corrected chi connectivity index (χ0v) is 13.7. The number of carbonyl (C=O) groups is 2. The minimum absolute atomic E-state index is 0.0159. The van der Waals surface area contributed by atoms with Crippen LogP contribution in [0.1, 0.15) is 34.2 Å². The van der Waals surface area contributed by atoms with Crippen molar-refractivity contribution in [3.63, 3.8) is 0 Å². The molecule has 126 valence electrons. The lowest BCUT2D eigenvalue weighted by molar-refractivity contribution is 0.0942. The third-order valence-corrected chi connectivity index (χ3v) is 3.26. The van der Waals surface area contributed by atoms with Gasteiger partial charge in [0.05, 0.1) is 12.4 Å². The summed E-state index contributed by atoms with van der Waals surface area (Å²) in [4.78, 5) is 31.4. The van der Waals surface area contributed by atoms with Gasteiger partial charge in [0.1, 0.15) is 11.5 Å². The van der Waals surface area contributed by atoms with Gasteiger partial charge in [0, 0.05) is 31.5 Å². The summed E-state index contributed by atoms with van der Waals surface area (Å²) in [6, 6.07) is 7.05. The van der Waals surface area contributed by atoms with Gasteiger partial charge in [0.15, 0.2) is 5.78 Å². The summed E-state index contributed by atoms with van der Waals surface area (Å²) in [5.74, 6) is 0.264. The molecule has 24 heavy (non-hydrogen) atoms. The molecule has 0 fully saturated rings. The lowest BCUT2D eigenvalue weighted by Crippen LogP contribution is -2.26. The number of nitrogens with zero attached hydrogens (tertiary/aromatic N) is 2. The van der Waals surface area contributed by atoms with E-state index >= 15 is 0 Å². The standard InChI is InChI=1S/C17H20N4O3/c1-12(22)13-4-6-14(7-5-13)21-16-11-19-15(10-20-16)17(23)18-8-3-9-24-2/h4-7,10-11H,3,8-9H2,1-2H3,(H,18,23)(H,20,21). The summed E-state index contributed by atoms with van der Waals surface area (Å²) in [5, 5.41) is 5.81. The number of aromatic nitrogens is 2. The maximum absolute atomic E-state index is 11.9. The SMILES string of the molecule is COCCCNC(=O)c1cnc(Nc2ccc(C(C)=O)cc2)cn1. The molecule has 2 rings (SSSR count). The molecule has 0 radical (unpaired) electrons. The van der Waals surface area contributed by atoms with Crippen molar-refractivity contribution in [3.05, 3.63) is 47.9 Å². The van der Waals surface area contributed by atoms with Crippen LogP contribution in [0.15, 0.2) is 36.7 Å². The van der Waals surface area contributed by atoms with Gasteiger partial charge >= 0.3 is 0 Å². The number of carbonyl (C=O) groups excluding carboxylic acids is 2. The van der Waals surface area contributed by atoms with Gasteiger partial charge in [-0.1, -0.05) is 0 Å². The molecule has 0 saturated heterocycles. The molecule has 0 saturated carbocycles. The number of ether oxygens (including phenoxy) is 1. The first-order chi connectivity index (χ1) is 11.6. The largest absolute Gasteiger partial charge is 0.385 e. The van der Waals surface area contributed by atoms with Gasteiger partial charge in [-0.2, -0.15) is 0 Å². The van der Waals surface area contributed by atoms with E-state index in [9.17, 15) is 9.59 Å². The molecule has 1 aromatic heterocycles. The average Bonchev–Trinajstić information content (AvgIpc) is 2.59. The highest BCUT2D eigenvalue weighted by Gasteiger charge is 2.07. The fraction of sp³-hybridized carbons (Fsp3) is 0.294.